The zero-order chi connectivity index (χ0) is 18.2. The lowest BCUT2D eigenvalue weighted by molar-refractivity contribution is 0.0940. The zero-order valence-corrected chi connectivity index (χ0v) is 16.5. The quantitative estimate of drug-likeness (QED) is 0.713. The van der Waals surface area contributed by atoms with Crippen LogP contribution in [0.15, 0.2) is 48.5 Å². The molecular weight excluding hydrogens is 348 g/mol. The van der Waals surface area contributed by atoms with Gasteiger partial charge in [0, 0.05) is 12.1 Å². The van der Waals surface area contributed by atoms with Gasteiger partial charge in [0.05, 0.1) is 12.6 Å². The molecule has 2 aromatic carbocycles. The summed E-state index contributed by atoms with van der Waals surface area (Å²) < 4.78 is 5.73. The maximum absolute atomic E-state index is 12.3. The minimum atomic E-state index is -0.0895. The van der Waals surface area contributed by atoms with Gasteiger partial charge in [0.2, 0.25) is 0 Å². The number of hydrogen-bond acceptors (Lipinski definition) is 3. The van der Waals surface area contributed by atoms with Crippen molar-refractivity contribution in [2.24, 2.45) is 11.7 Å². The Morgan fingerprint density at radius 2 is 1.65 bits per heavy atom. The van der Waals surface area contributed by atoms with E-state index in [1.54, 1.807) is 12.1 Å². The Labute approximate surface area is 162 Å². The summed E-state index contributed by atoms with van der Waals surface area (Å²) in [4.78, 5) is 12.3. The van der Waals surface area contributed by atoms with E-state index in [9.17, 15) is 4.79 Å². The first kappa shape index (κ1) is 22.0. The second-order valence-corrected chi connectivity index (χ2v) is 6.70. The van der Waals surface area contributed by atoms with Crippen LogP contribution in [0.1, 0.15) is 54.7 Å². The number of hydrogen-bond donors (Lipinski definition) is 2. The second-order valence-electron chi connectivity index (χ2n) is 6.70. The molecule has 0 fully saturated rings. The minimum Gasteiger partial charge on any atom is -0.494 e. The Bertz CT molecular complexity index is 669. The van der Waals surface area contributed by atoms with E-state index < -0.39 is 0 Å². The smallest absolute Gasteiger partial charge is 0.251 e. The molecule has 2 aromatic rings. The van der Waals surface area contributed by atoms with Gasteiger partial charge < -0.3 is 15.8 Å². The molecule has 0 spiro atoms. The number of ether oxygens (including phenoxy) is 1. The average Bonchev–Trinajstić information content (AvgIpc) is 2.62. The van der Waals surface area contributed by atoms with E-state index in [1.807, 2.05) is 43.3 Å². The fourth-order valence-electron chi connectivity index (χ4n) is 2.42. The maximum atomic E-state index is 12.3. The van der Waals surface area contributed by atoms with Crippen molar-refractivity contribution < 1.29 is 9.53 Å². The molecule has 1 atom stereocenters. The van der Waals surface area contributed by atoms with Gasteiger partial charge in [-0.3, -0.25) is 4.79 Å². The van der Waals surface area contributed by atoms with E-state index in [1.165, 1.54) is 0 Å². The first-order valence-electron chi connectivity index (χ1n) is 8.82. The van der Waals surface area contributed by atoms with Crippen molar-refractivity contribution in [2.75, 3.05) is 6.61 Å². The van der Waals surface area contributed by atoms with Gasteiger partial charge in [-0.25, -0.2) is 0 Å². The molecule has 0 saturated carbocycles. The molecule has 0 saturated heterocycles. The molecule has 0 radical (unpaired) electrons. The molecule has 0 aliphatic rings. The summed E-state index contributed by atoms with van der Waals surface area (Å²) in [5, 5.41) is 3.02. The topological polar surface area (TPSA) is 64.3 Å². The molecule has 142 valence electrons. The van der Waals surface area contributed by atoms with E-state index in [2.05, 4.69) is 19.2 Å². The monoisotopic (exact) mass is 376 g/mol. The molecule has 4 nitrogen and oxygen atoms in total. The molecule has 0 bridgehead atoms. The number of halogens is 1. The summed E-state index contributed by atoms with van der Waals surface area (Å²) in [5.41, 5.74) is 8.27. The van der Waals surface area contributed by atoms with Crippen molar-refractivity contribution >= 4 is 18.3 Å². The molecule has 26 heavy (non-hydrogen) atoms. The van der Waals surface area contributed by atoms with Crippen molar-refractivity contribution in [1.29, 1.82) is 0 Å². The van der Waals surface area contributed by atoms with E-state index in [4.69, 9.17) is 10.5 Å². The van der Waals surface area contributed by atoms with E-state index in [-0.39, 0.29) is 24.4 Å². The van der Waals surface area contributed by atoms with Crippen molar-refractivity contribution in [3.05, 3.63) is 65.2 Å². The molecule has 5 heteroatoms. The number of carbonyl (C=O) groups is 1. The Hall–Kier alpha value is -2.04. The van der Waals surface area contributed by atoms with Crippen LogP contribution in [-0.4, -0.2) is 12.5 Å². The summed E-state index contributed by atoms with van der Waals surface area (Å²) in [6.45, 7) is 7.54. The van der Waals surface area contributed by atoms with Crippen LogP contribution in [0, 0.1) is 5.92 Å². The molecule has 2 rings (SSSR count). The van der Waals surface area contributed by atoms with E-state index in [0.717, 1.165) is 29.9 Å². The zero-order valence-electron chi connectivity index (χ0n) is 15.7. The lowest BCUT2D eigenvalue weighted by atomic mass is 10.1. The summed E-state index contributed by atoms with van der Waals surface area (Å²) in [7, 11) is 0. The molecule has 3 N–H and O–H groups in total. The number of carbonyl (C=O) groups excluding carboxylic acids is 1. The van der Waals surface area contributed by atoms with Gasteiger partial charge in [-0.15, -0.1) is 12.4 Å². The van der Waals surface area contributed by atoms with Gasteiger partial charge in [0.15, 0.2) is 0 Å². The lowest BCUT2D eigenvalue weighted by Gasteiger charge is -2.15. The van der Waals surface area contributed by atoms with Crippen molar-refractivity contribution in [3.63, 3.8) is 0 Å². The first-order valence-corrected chi connectivity index (χ1v) is 8.82. The Morgan fingerprint density at radius 3 is 2.19 bits per heavy atom. The van der Waals surface area contributed by atoms with Crippen molar-refractivity contribution in [3.8, 4) is 5.75 Å². The van der Waals surface area contributed by atoms with Gasteiger partial charge in [0.25, 0.3) is 5.91 Å². The van der Waals surface area contributed by atoms with Gasteiger partial charge in [0.1, 0.15) is 5.75 Å². The van der Waals surface area contributed by atoms with Crippen LogP contribution in [0.5, 0.6) is 5.75 Å². The standard InChI is InChI=1S/C21H28N2O2.ClH/c1-15(2)12-13-25-20-10-8-18(9-11-20)16(3)23-21(24)19-6-4-17(14-22)5-7-19;/h4-11,15-16H,12-14,22H2,1-3H3,(H,23,24);1H. The van der Waals surface area contributed by atoms with Crippen LogP contribution >= 0.6 is 12.4 Å². The van der Waals surface area contributed by atoms with Crippen molar-refractivity contribution in [1.82, 2.24) is 5.32 Å². The maximum Gasteiger partial charge on any atom is 0.251 e. The lowest BCUT2D eigenvalue weighted by Crippen LogP contribution is -2.26. The number of nitrogens with two attached hydrogens (primary N) is 1. The third-order valence-corrected chi connectivity index (χ3v) is 4.14. The average molecular weight is 377 g/mol. The van der Waals surface area contributed by atoms with Crippen LogP contribution in [0.3, 0.4) is 0 Å². The van der Waals surface area contributed by atoms with Crippen LogP contribution in [0.25, 0.3) is 0 Å². The molecule has 0 aliphatic carbocycles. The second kappa shape index (κ2) is 10.8. The third-order valence-electron chi connectivity index (χ3n) is 4.14. The number of benzene rings is 2. The first-order chi connectivity index (χ1) is 12.0. The molecule has 0 aliphatic heterocycles. The Morgan fingerprint density at radius 1 is 1.04 bits per heavy atom. The fraction of sp³-hybridized carbons (Fsp3) is 0.381. The number of rotatable bonds is 8. The molecule has 1 unspecified atom stereocenters. The van der Waals surface area contributed by atoms with Crippen molar-refractivity contribution in [2.45, 2.75) is 39.8 Å². The van der Waals surface area contributed by atoms with Gasteiger partial charge in [-0.05, 0) is 54.7 Å². The van der Waals surface area contributed by atoms with Crippen LogP contribution in [0.4, 0.5) is 0 Å². The summed E-state index contributed by atoms with van der Waals surface area (Å²) in [6, 6.07) is 15.2. The fourth-order valence-corrected chi connectivity index (χ4v) is 2.42. The van der Waals surface area contributed by atoms with Gasteiger partial charge in [-0.1, -0.05) is 38.1 Å². The Kier molecular flexibility index (Phi) is 9.17. The summed E-state index contributed by atoms with van der Waals surface area (Å²) >= 11 is 0. The highest BCUT2D eigenvalue weighted by Crippen LogP contribution is 2.19. The summed E-state index contributed by atoms with van der Waals surface area (Å²) in [5.74, 6) is 1.40. The number of amides is 1. The summed E-state index contributed by atoms with van der Waals surface area (Å²) in [6.07, 6.45) is 1.04. The Balaban J connectivity index is 0.00000338. The molecule has 1 amide bonds. The minimum absolute atomic E-state index is 0. The van der Waals surface area contributed by atoms with E-state index in [0.29, 0.717) is 18.0 Å². The predicted molar refractivity (Wildman–Crippen MR) is 109 cm³/mol. The van der Waals surface area contributed by atoms with E-state index >= 15 is 0 Å². The van der Waals surface area contributed by atoms with Crippen LogP contribution in [-0.2, 0) is 6.54 Å². The normalized spacial score (nSPS) is 11.6. The van der Waals surface area contributed by atoms with Crippen LogP contribution in [0.2, 0.25) is 0 Å². The largest absolute Gasteiger partial charge is 0.494 e. The highest BCUT2D eigenvalue weighted by atomic mass is 35.5. The highest BCUT2D eigenvalue weighted by molar-refractivity contribution is 5.94. The van der Waals surface area contributed by atoms with Gasteiger partial charge in [-0.2, -0.15) is 0 Å². The SMILES string of the molecule is CC(C)CCOc1ccc(C(C)NC(=O)c2ccc(CN)cc2)cc1.Cl. The highest BCUT2D eigenvalue weighted by Gasteiger charge is 2.11. The molecule has 0 heterocycles. The third kappa shape index (κ3) is 6.70. The molecular formula is C21H29ClN2O2. The van der Waals surface area contributed by atoms with Crippen LogP contribution < -0.4 is 15.8 Å². The number of nitrogens with one attached hydrogen (secondary N) is 1. The molecule has 0 aromatic heterocycles. The predicted octanol–water partition coefficient (Wildman–Crippen LogP) is 4.48. The van der Waals surface area contributed by atoms with Gasteiger partial charge >= 0.3 is 0 Å².